The molecular weight excluding hydrogens is 743 g/mol. The average Bonchev–Trinajstić information content (AvgIpc) is 3.69. The van der Waals surface area contributed by atoms with Crippen molar-refractivity contribution in [3.8, 4) is 90.2 Å². The van der Waals surface area contributed by atoms with Gasteiger partial charge in [0.05, 0.1) is 17.1 Å². The molecule has 0 aliphatic rings. The van der Waals surface area contributed by atoms with Crippen LogP contribution in [0.1, 0.15) is 0 Å². The molecular formula is C56H37N5. The van der Waals surface area contributed by atoms with Gasteiger partial charge >= 0.3 is 0 Å². The Morgan fingerprint density at radius 1 is 0.262 bits per heavy atom. The highest BCUT2D eigenvalue weighted by molar-refractivity contribution is 6.06. The second kappa shape index (κ2) is 15.5. The second-order valence-electron chi connectivity index (χ2n) is 15.1. The molecule has 0 fully saturated rings. The van der Waals surface area contributed by atoms with Crippen LogP contribution in [0.2, 0.25) is 0 Å². The molecule has 5 nitrogen and oxygen atoms in total. The van der Waals surface area contributed by atoms with Crippen LogP contribution in [-0.2, 0) is 0 Å². The van der Waals surface area contributed by atoms with E-state index in [0.29, 0.717) is 11.6 Å². The Hall–Kier alpha value is -8.28. The molecule has 3 aromatic heterocycles. The normalized spacial score (nSPS) is 11.3. The molecule has 0 radical (unpaired) electrons. The van der Waals surface area contributed by atoms with Gasteiger partial charge < -0.3 is 0 Å². The van der Waals surface area contributed by atoms with Gasteiger partial charge in [-0.2, -0.15) is 0 Å². The molecule has 3 heterocycles. The summed E-state index contributed by atoms with van der Waals surface area (Å²) in [5, 5.41) is 2.21. The Bertz CT molecular complexity index is 3220. The Morgan fingerprint density at radius 2 is 0.705 bits per heavy atom. The molecule has 0 unspecified atom stereocenters. The van der Waals surface area contributed by atoms with Crippen molar-refractivity contribution in [3.05, 3.63) is 224 Å². The molecule has 0 saturated heterocycles. The first-order valence-corrected chi connectivity index (χ1v) is 20.5. The van der Waals surface area contributed by atoms with Crippen molar-refractivity contribution in [1.29, 1.82) is 0 Å². The highest BCUT2D eigenvalue weighted by Crippen LogP contribution is 2.38. The van der Waals surface area contributed by atoms with E-state index in [1.54, 1.807) is 0 Å². The monoisotopic (exact) mass is 779 g/mol. The lowest BCUT2D eigenvalue weighted by Gasteiger charge is -2.13. The SMILES string of the molecule is c1ccc(-c2cccc(-c3cc(-c4ccc(-c5nc(-c6ccccc6)n6c(-c7ccccc7)c7ccccc7c6n5)cc4)nc(-c4cccc(-c5ccccc5)c4)n3)c2)cc1. The molecule has 0 aliphatic heterocycles. The smallest absolute Gasteiger partial charge is 0.163 e. The minimum Gasteiger partial charge on any atom is -0.277 e. The summed E-state index contributed by atoms with van der Waals surface area (Å²) in [4.78, 5) is 21.1. The summed E-state index contributed by atoms with van der Waals surface area (Å²) in [6, 6.07) is 77.9. The summed E-state index contributed by atoms with van der Waals surface area (Å²) >= 11 is 0. The van der Waals surface area contributed by atoms with Gasteiger partial charge in [-0.1, -0.05) is 206 Å². The van der Waals surface area contributed by atoms with Crippen molar-refractivity contribution in [2.75, 3.05) is 0 Å². The molecule has 61 heavy (non-hydrogen) atoms. The maximum absolute atomic E-state index is 5.33. The third-order valence-corrected chi connectivity index (χ3v) is 11.2. The van der Waals surface area contributed by atoms with Gasteiger partial charge in [0.15, 0.2) is 11.6 Å². The fourth-order valence-corrected chi connectivity index (χ4v) is 8.23. The van der Waals surface area contributed by atoms with Crippen LogP contribution in [-0.4, -0.2) is 24.3 Å². The van der Waals surface area contributed by atoms with E-state index in [1.807, 2.05) is 24.3 Å². The number of fused-ring (bicyclic) bond motifs is 3. The zero-order chi connectivity index (χ0) is 40.5. The van der Waals surface area contributed by atoms with E-state index in [2.05, 4.69) is 205 Å². The maximum atomic E-state index is 5.33. The molecule has 0 bridgehead atoms. The first kappa shape index (κ1) is 35.8. The lowest BCUT2D eigenvalue weighted by molar-refractivity contribution is 1.05. The van der Waals surface area contributed by atoms with E-state index in [1.165, 1.54) is 0 Å². The van der Waals surface area contributed by atoms with Crippen molar-refractivity contribution in [2.24, 2.45) is 0 Å². The fourth-order valence-electron chi connectivity index (χ4n) is 8.23. The van der Waals surface area contributed by atoms with Gasteiger partial charge in [-0.25, -0.2) is 19.9 Å². The quantitative estimate of drug-likeness (QED) is 0.154. The van der Waals surface area contributed by atoms with E-state index in [9.17, 15) is 0 Å². The number of hydrogen-bond acceptors (Lipinski definition) is 4. The molecule has 0 aliphatic carbocycles. The van der Waals surface area contributed by atoms with Crippen LogP contribution in [0.25, 0.3) is 107 Å². The molecule has 0 atom stereocenters. The van der Waals surface area contributed by atoms with Gasteiger partial charge in [0.25, 0.3) is 0 Å². The first-order valence-electron chi connectivity index (χ1n) is 20.5. The molecule has 11 rings (SSSR count). The topological polar surface area (TPSA) is 56.0 Å². The highest BCUT2D eigenvalue weighted by Gasteiger charge is 2.21. The molecule has 286 valence electrons. The predicted octanol–water partition coefficient (Wildman–Crippen LogP) is 14.0. The Kier molecular flexibility index (Phi) is 9.10. The summed E-state index contributed by atoms with van der Waals surface area (Å²) in [5.41, 5.74) is 14.1. The second-order valence-corrected chi connectivity index (χ2v) is 15.1. The zero-order valence-corrected chi connectivity index (χ0v) is 33.1. The lowest BCUT2D eigenvalue weighted by Crippen LogP contribution is -2.03. The zero-order valence-electron chi connectivity index (χ0n) is 33.1. The standard InChI is InChI=1S/C56H37N5/c1-5-17-38(18-6-1)44-25-15-27-46(35-44)51-37-50(57-54(58-51)47-28-16-26-45(36-47)39-19-7-2-8-20-39)40-31-33-42(34-32-40)53-59-55(43-23-11-4-12-24-43)61-52(41-21-9-3-10-22-41)48-29-13-14-30-49(48)56(61)60-53/h1-37H. The molecule has 5 heteroatoms. The van der Waals surface area contributed by atoms with E-state index < -0.39 is 0 Å². The summed E-state index contributed by atoms with van der Waals surface area (Å²) < 4.78 is 2.22. The third-order valence-electron chi connectivity index (χ3n) is 11.2. The number of rotatable bonds is 8. The summed E-state index contributed by atoms with van der Waals surface area (Å²) in [6.07, 6.45) is 0. The van der Waals surface area contributed by atoms with Crippen molar-refractivity contribution < 1.29 is 0 Å². The fraction of sp³-hybridized carbons (Fsp3) is 0. The number of benzene rings is 8. The first-order chi connectivity index (χ1) is 30.2. The van der Waals surface area contributed by atoms with Crippen LogP contribution < -0.4 is 0 Å². The maximum Gasteiger partial charge on any atom is 0.163 e. The van der Waals surface area contributed by atoms with Gasteiger partial charge in [0.2, 0.25) is 0 Å². The highest BCUT2D eigenvalue weighted by atomic mass is 15.1. The molecule has 0 amide bonds. The third kappa shape index (κ3) is 6.84. The molecule has 8 aromatic carbocycles. The minimum absolute atomic E-state index is 0.653. The van der Waals surface area contributed by atoms with Crippen LogP contribution in [0, 0.1) is 0 Å². The van der Waals surface area contributed by atoms with Crippen LogP contribution in [0.3, 0.4) is 0 Å². The largest absolute Gasteiger partial charge is 0.277 e. The Morgan fingerprint density at radius 3 is 1.33 bits per heavy atom. The molecule has 0 spiro atoms. The molecule has 11 aromatic rings. The predicted molar refractivity (Wildman–Crippen MR) is 250 cm³/mol. The summed E-state index contributed by atoms with van der Waals surface area (Å²) in [7, 11) is 0. The van der Waals surface area contributed by atoms with Gasteiger partial charge in [0.1, 0.15) is 11.5 Å². The number of aromatic nitrogens is 5. The number of hydrogen-bond donors (Lipinski definition) is 0. The van der Waals surface area contributed by atoms with E-state index in [0.717, 1.165) is 95.0 Å². The van der Waals surface area contributed by atoms with Crippen LogP contribution >= 0.6 is 0 Å². The molecule has 0 N–H and O–H groups in total. The number of nitrogens with zero attached hydrogens (tertiary/aromatic N) is 5. The van der Waals surface area contributed by atoms with Crippen LogP contribution in [0.4, 0.5) is 0 Å². The Labute approximate surface area is 354 Å². The van der Waals surface area contributed by atoms with Gasteiger partial charge in [-0.3, -0.25) is 4.40 Å². The van der Waals surface area contributed by atoms with Crippen molar-refractivity contribution >= 4 is 16.4 Å². The minimum atomic E-state index is 0.653. The van der Waals surface area contributed by atoms with Crippen LogP contribution in [0.15, 0.2) is 224 Å². The van der Waals surface area contributed by atoms with Gasteiger partial charge in [0, 0.05) is 38.6 Å². The average molecular weight is 780 g/mol. The van der Waals surface area contributed by atoms with Crippen LogP contribution in [0.5, 0.6) is 0 Å². The summed E-state index contributed by atoms with van der Waals surface area (Å²) in [5.74, 6) is 2.15. The molecule has 0 saturated carbocycles. The Balaban J connectivity index is 1.05. The van der Waals surface area contributed by atoms with Crippen molar-refractivity contribution in [3.63, 3.8) is 0 Å². The lowest BCUT2D eigenvalue weighted by atomic mass is 10.00. The van der Waals surface area contributed by atoms with Crippen molar-refractivity contribution in [2.45, 2.75) is 0 Å². The van der Waals surface area contributed by atoms with Gasteiger partial charge in [-0.05, 0) is 46.0 Å². The van der Waals surface area contributed by atoms with E-state index >= 15 is 0 Å². The van der Waals surface area contributed by atoms with Crippen molar-refractivity contribution in [1.82, 2.24) is 24.3 Å². The van der Waals surface area contributed by atoms with Gasteiger partial charge in [-0.15, -0.1) is 0 Å². The van der Waals surface area contributed by atoms with E-state index in [4.69, 9.17) is 19.9 Å². The van der Waals surface area contributed by atoms with E-state index in [-0.39, 0.29) is 0 Å². The summed E-state index contributed by atoms with van der Waals surface area (Å²) in [6.45, 7) is 0.